The van der Waals surface area contributed by atoms with Gasteiger partial charge in [-0.25, -0.2) is 0 Å². The Morgan fingerprint density at radius 3 is 2.80 bits per heavy atom. The van der Waals surface area contributed by atoms with Gasteiger partial charge in [0.1, 0.15) is 0 Å². The van der Waals surface area contributed by atoms with Crippen LogP contribution in [0, 0.1) is 0 Å². The van der Waals surface area contributed by atoms with Gasteiger partial charge in [-0.05, 0) is 37.6 Å². The Labute approximate surface area is 116 Å². The molecule has 1 atom stereocenters. The summed E-state index contributed by atoms with van der Waals surface area (Å²) >= 11 is 0. The number of nitrogens with one attached hydrogen (secondary N) is 1. The van der Waals surface area contributed by atoms with Crippen LogP contribution < -0.4 is 10.2 Å². The minimum absolute atomic E-state index is 0.257. The van der Waals surface area contributed by atoms with Crippen molar-refractivity contribution < 1.29 is 17.9 Å². The fourth-order valence-corrected chi connectivity index (χ4v) is 2.43. The number of hydrogen-bond donors (Lipinski definition) is 1. The van der Waals surface area contributed by atoms with Crippen LogP contribution in [0.2, 0.25) is 0 Å². The van der Waals surface area contributed by atoms with E-state index >= 15 is 0 Å². The molecule has 20 heavy (non-hydrogen) atoms. The quantitative estimate of drug-likeness (QED) is 0.901. The van der Waals surface area contributed by atoms with Gasteiger partial charge in [0.15, 0.2) is 0 Å². The number of fused-ring (bicyclic) bond motifs is 1. The Kier molecular flexibility index (Phi) is 4.55. The van der Waals surface area contributed by atoms with Crippen molar-refractivity contribution >= 4 is 5.69 Å². The van der Waals surface area contributed by atoms with Gasteiger partial charge in [-0.15, -0.1) is 13.2 Å². The molecule has 1 N–H and O–H groups in total. The van der Waals surface area contributed by atoms with E-state index in [4.69, 9.17) is 0 Å². The summed E-state index contributed by atoms with van der Waals surface area (Å²) in [5, 5.41) is 3.18. The number of nitrogens with zero attached hydrogens (tertiary/aromatic N) is 1. The maximum Gasteiger partial charge on any atom is 0.522 e. The van der Waals surface area contributed by atoms with Crippen molar-refractivity contribution in [3.05, 3.63) is 29.3 Å². The number of hydrogen-bond acceptors (Lipinski definition) is 3. The number of alkyl halides is 3. The van der Waals surface area contributed by atoms with Crippen molar-refractivity contribution in [1.82, 2.24) is 5.32 Å². The van der Waals surface area contributed by atoms with Crippen LogP contribution in [0.15, 0.2) is 18.2 Å². The molecule has 2 rings (SSSR count). The average molecular weight is 288 g/mol. The molecule has 1 heterocycles. The highest BCUT2D eigenvalue weighted by atomic mass is 19.4. The summed E-state index contributed by atoms with van der Waals surface area (Å²) in [5.74, 6) is 0. The fraction of sp³-hybridized carbons (Fsp3) is 0.571. The lowest BCUT2D eigenvalue weighted by Crippen LogP contribution is -2.28. The molecule has 0 fully saturated rings. The molecule has 1 aromatic rings. The third-order valence-corrected chi connectivity index (χ3v) is 3.66. The van der Waals surface area contributed by atoms with Crippen LogP contribution in [-0.2, 0) is 11.2 Å². The van der Waals surface area contributed by atoms with Gasteiger partial charge in [0, 0.05) is 24.8 Å². The van der Waals surface area contributed by atoms with Gasteiger partial charge in [0.2, 0.25) is 0 Å². The maximum absolute atomic E-state index is 12.0. The molecule has 0 bridgehead atoms. The zero-order valence-electron chi connectivity index (χ0n) is 11.6. The number of anilines is 1. The van der Waals surface area contributed by atoms with E-state index in [1.165, 1.54) is 11.1 Å². The highest BCUT2D eigenvalue weighted by Gasteiger charge is 2.29. The molecule has 0 spiro atoms. The first kappa shape index (κ1) is 15.1. The summed E-state index contributed by atoms with van der Waals surface area (Å²) in [6.45, 7) is 2.74. The molecule has 6 heteroatoms. The van der Waals surface area contributed by atoms with E-state index in [0.717, 1.165) is 18.7 Å². The third-order valence-electron chi connectivity index (χ3n) is 3.66. The summed E-state index contributed by atoms with van der Waals surface area (Å²) in [4.78, 5) is 1.94. The minimum Gasteiger partial charge on any atom is -0.369 e. The van der Waals surface area contributed by atoms with Crippen molar-refractivity contribution in [3.8, 4) is 0 Å². The molecular formula is C14H19F3N2O. The lowest BCUT2D eigenvalue weighted by molar-refractivity contribution is -0.323. The summed E-state index contributed by atoms with van der Waals surface area (Å²) in [7, 11) is 1.90. The molecular weight excluding hydrogens is 269 g/mol. The van der Waals surface area contributed by atoms with Crippen LogP contribution in [0.25, 0.3) is 0 Å². The summed E-state index contributed by atoms with van der Waals surface area (Å²) < 4.78 is 39.7. The molecule has 0 saturated carbocycles. The van der Waals surface area contributed by atoms with Crippen LogP contribution in [0.4, 0.5) is 18.9 Å². The Morgan fingerprint density at radius 1 is 1.40 bits per heavy atom. The van der Waals surface area contributed by atoms with Crippen LogP contribution >= 0.6 is 0 Å². The average Bonchev–Trinajstić information content (AvgIpc) is 2.79. The zero-order chi connectivity index (χ0) is 14.8. The zero-order valence-corrected chi connectivity index (χ0v) is 11.6. The number of halogens is 3. The fourth-order valence-electron chi connectivity index (χ4n) is 2.43. The largest absolute Gasteiger partial charge is 0.522 e. The monoisotopic (exact) mass is 288 g/mol. The highest BCUT2D eigenvalue weighted by Crippen LogP contribution is 2.30. The molecule has 112 valence electrons. The smallest absolute Gasteiger partial charge is 0.369 e. The van der Waals surface area contributed by atoms with E-state index in [9.17, 15) is 13.2 Å². The summed E-state index contributed by atoms with van der Waals surface area (Å²) in [5.41, 5.74) is 3.40. The summed E-state index contributed by atoms with van der Waals surface area (Å²) in [6, 6.07) is 6.39. The summed E-state index contributed by atoms with van der Waals surface area (Å²) in [6.07, 6.45) is -3.68. The van der Waals surface area contributed by atoms with Gasteiger partial charge in [0.05, 0.1) is 6.61 Å². The minimum atomic E-state index is -4.55. The van der Waals surface area contributed by atoms with Gasteiger partial charge in [0.25, 0.3) is 0 Å². The number of ether oxygens (including phenoxy) is 1. The Morgan fingerprint density at radius 2 is 2.15 bits per heavy atom. The van der Waals surface area contributed by atoms with Crippen molar-refractivity contribution in [2.24, 2.45) is 0 Å². The van der Waals surface area contributed by atoms with Crippen LogP contribution in [0.1, 0.15) is 24.1 Å². The first-order valence-corrected chi connectivity index (χ1v) is 6.66. The Balaban J connectivity index is 1.99. The van der Waals surface area contributed by atoms with Crippen LogP contribution in [-0.4, -0.2) is 33.1 Å². The first-order valence-electron chi connectivity index (χ1n) is 6.66. The van der Waals surface area contributed by atoms with E-state index in [2.05, 4.69) is 23.0 Å². The van der Waals surface area contributed by atoms with Crippen molar-refractivity contribution in [2.75, 3.05) is 31.6 Å². The Hall–Kier alpha value is -1.27. The van der Waals surface area contributed by atoms with Gasteiger partial charge in [-0.2, -0.15) is 0 Å². The molecule has 0 saturated heterocycles. The number of rotatable bonds is 5. The van der Waals surface area contributed by atoms with Gasteiger partial charge in [-0.1, -0.05) is 12.1 Å². The highest BCUT2D eigenvalue weighted by molar-refractivity contribution is 5.59. The predicted octanol–water partition coefficient (Wildman–Crippen LogP) is 2.87. The Bertz CT molecular complexity index is 462. The first-order chi connectivity index (χ1) is 9.40. The van der Waals surface area contributed by atoms with E-state index < -0.39 is 6.36 Å². The third kappa shape index (κ3) is 3.64. The molecule has 1 aliphatic heterocycles. The standard InChI is InChI=1S/C14H19F3N2O/c1-10(18-2)11-3-4-13-12(9-11)5-6-19(13)7-8-20-14(15,16)17/h3-4,9-10,18H,5-8H2,1-2H3. The molecule has 1 aliphatic rings. The molecule has 0 aliphatic carbocycles. The van der Waals surface area contributed by atoms with E-state index in [1.807, 2.05) is 24.1 Å². The molecule has 1 aromatic carbocycles. The second-order valence-electron chi connectivity index (χ2n) is 4.93. The lowest BCUT2D eigenvalue weighted by Gasteiger charge is -2.20. The van der Waals surface area contributed by atoms with Gasteiger partial charge in [-0.3, -0.25) is 4.74 Å². The molecule has 1 unspecified atom stereocenters. The van der Waals surface area contributed by atoms with Crippen molar-refractivity contribution in [2.45, 2.75) is 25.7 Å². The number of benzene rings is 1. The molecule has 0 amide bonds. The van der Waals surface area contributed by atoms with Crippen molar-refractivity contribution in [1.29, 1.82) is 0 Å². The van der Waals surface area contributed by atoms with E-state index in [0.29, 0.717) is 0 Å². The maximum atomic E-state index is 12.0. The second kappa shape index (κ2) is 6.01. The van der Waals surface area contributed by atoms with Crippen molar-refractivity contribution in [3.63, 3.8) is 0 Å². The van der Waals surface area contributed by atoms with Crippen LogP contribution in [0.5, 0.6) is 0 Å². The second-order valence-corrected chi connectivity index (χ2v) is 4.93. The van der Waals surface area contributed by atoms with Crippen LogP contribution in [0.3, 0.4) is 0 Å². The normalized spacial score (nSPS) is 16.4. The SMILES string of the molecule is CNC(C)c1ccc2c(c1)CCN2CCOC(F)(F)F. The molecule has 0 radical (unpaired) electrons. The predicted molar refractivity (Wildman–Crippen MR) is 71.8 cm³/mol. The van der Waals surface area contributed by atoms with Gasteiger partial charge < -0.3 is 10.2 Å². The topological polar surface area (TPSA) is 24.5 Å². The lowest BCUT2D eigenvalue weighted by atomic mass is 10.0. The van der Waals surface area contributed by atoms with Gasteiger partial charge >= 0.3 is 6.36 Å². The van der Waals surface area contributed by atoms with E-state index in [1.54, 1.807) is 0 Å². The molecule has 3 nitrogen and oxygen atoms in total. The molecule has 0 aromatic heterocycles. The van der Waals surface area contributed by atoms with E-state index in [-0.39, 0.29) is 19.2 Å².